The molecule has 98 valence electrons. The van der Waals surface area contributed by atoms with Crippen molar-refractivity contribution < 1.29 is 4.79 Å². The number of nitrogens with two attached hydrogens (primary N) is 2. The molecule has 0 heterocycles. The molecule has 19 heavy (non-hydrogen) atoms. The molecule has 5 N–H and O–H groups in total. The molecular formula is C14H15N3OS. The lowest BCUT2D eigenvalue weighted by molar-refractivity contribution is 0.0953. The molecule has 2 aromatic rings. The second-order valence-corrected chi connectivity index (χ2v) is 5.01. The van der Waals surface area contributed by atoms with Crippen molar-refractivity contribution in [3.63, 3.8) is 0 Å². The minimum absolute atomic E-state index is 0.286. The molecule has 0 spiro atoms. The molecule has 0 aliphatic carbocycles. The average molecular weight is 273 g/mol. The summed E-state index contributed by atoms with van der Waals surface area (Å²) in [6.07, 6.45) is 0. The van der Waals surface area contributed by atoms with Gasteiger partial charge in [-0.3, -0.25) is 10.2 Å². The second-order valence-electron chi connectivity index (χ2n) is 4.00. The van der Waals surface area contributed by atoms with Crippen LogP contribution in [0, 0.1) is 0 Å². The molecule has 0 fully saturated rings. The third-order valence-electron chi connectivity index (χ3n) is 2.66. The highest BCUT2D eigenvalue weighted by Gasteiger charge is 2.04. The van der Waals surface area contributed by atoms with Crippen molar-refractivity contribution in [3.05, 3.63) is 59.7 Å². The molecule has 1 amide bonds. The lowest BCUT2D eigenvalue weighted by Crippen LogP contribution is -2.29. The number of para-hydroxylation sites is 1. The van der Waals surface area contributed by atoms with Crippen molar-refractivity contribution in [2.75, 3.05) is 5.73 Å². The molecule has 0 atom stereocenters. The van der Waals surface area contributed by atoms with E-state index in [1.165, 1.54) is 0 Å². The smallest absolute Gasteiger partial charge is 0.265 e. The molecule has 0 saturated carbocycles. The highest BCUT2D eigenvalue weighted by molar-refractivity contribution is 7.98. The van der Waals surface area contributed by atoms with Crippen LogP contribution in [0.25, 0.3) is 0 Å². The maximum Gasteiger partial charge on any atom is 0.265 e. The number of nitrogens with one attached hydrogen (secondary N) is 1. The Morgan fingerprint density at radius 2 is 1.79 bits per heavy atom. The van der Waals surface area contributed by atoms with Gasteiger partial charge >= 0.3 is 0 Å². The van der Waals surface area contributed by atoms with E-state index in [1.807, 2.05) is 36.4 Å². The Bertz CT molecular complexity index is 569. The number of anilines is 1. The number of hydrogen-bond acceptors (Lipinski definition) is 4. The summed E-state index contributed by atoms with van der Waals surface area (Å²) in [7, 11) is 0. The van der Waals surface area contributed by atoms with Gasteiger partial charge in [0.25, 0.3) is 5.91 Å². The van der Waals surface area contributed by atoms with Gasteiger partial charge in [-0.1, -0.05) is 24.3 Å². The van der Waals surface area contributed by atoms with Crippen molar-refractivity contribution in [2.24, 2.45) is 5.84 Å². The zero-order chi connectivity index (χ0) is 13.7. The van der Waals surface area contributed by atoms with Gasteiger partial charge in [-0.05, 0) is 29.8 Å². The summed E-state index contributed by atoms with van der Waals surface area (Å²) in [4.78, 5) is 12.4. The van der Waals surface area contributed by atoms with Gasteiger partial charge in [0.2, 0.25) is 0 Å². The number of thioether (sulfide) groups is 1. The standard InChI is InChI=1S/C14H15N3OS/c15-12-3-1-2-4-13(12)19-9-10-5-7-11(8-6-10)14(18)17-16/h1-8H,9,15-16H2,(H,17,18). The van der Waals surface area contributed by atoms with Crippen LogP contribution in [-0.4, -0.2) is 5.91 Å². The fourth-order valence-electron chi connectivity index (χ4n) is 1.61. The largest absolute Gasteiger partial charge is 0.398 e. The monoisotopic (exact) mass is 273 g/mol. The van der Waals surface area contributed by atoms with E-state index in [2.05, 4.69) is 5.43 Å². The van der Waals surface area contributed by atoms with Crippen LogP contribution in [0.2, 0.25) is 0 Å². The molecule has 0 radical (unpaired) electrons. The number of rotatable bonds is 4. The number of nitrogen functional groups attached to an aromatic ring is 2. The van der Waals surface area contributed by atoms with Crippen molar-refractivity contribution >= 4 is 23.4 Å². The molecule has 0 unspecified atom stereocenters. The maximum atomic E-state index is 11.3. The van der Waals surface area contributed by atoms with Crippen LogP contribution >= 0.6 is 11.8 Å². The number of carbonyl (C=O) groups is 1. The van der Waals surface area contributed by atoms with Gasteiger partial charge in [-0.15, -0.1) is 11.8 Å². The van der Waals surface area contributed by atoms with Crippen molar-refractivity contribution in [1.82, 2.24) is 5.43 Å². The molecular weight excluding hydrogens is 258 g/mol. The van der Waals surface area contributed by atoms with Crippen LogP contribution in [0.3, 0.4) is 0 Å². The van der Waals surface area contributed by atoms with E-state index in [9.17, 15) is 4.79 Å². The third-order valence-corrected chi connectivity index (χ3v) is 3.82. The molecule has 5 heteroatoms. The maximum absolute atomic E-state index is 11.3. The summed E-state index contributed by atoms with van der Waals surface area (Å²) < 4.78 is 0. The summed E-state index contributed by atoms with van der Waals surface area (Å²) in [6.45, 7) is 0. The molecule has 0 bridgehead atoms. The highest BCUT2D eigenvalue weighted by Crippen LogP contribution is 2.27. The minimum atomic E-state index is -0.286. The molecule has 0 saturated heterocycles. The van der Waals surface area contributed by atoms with Crippen LogP contribution in [-0.2, 0) is 5.75 Å². The zero-order valence-corrected chi connectivity index (χ0v) is 11.1. The van der Waals surface area contributed by atoms with Crippen LogP contribution < -0.4 is 17.0 Å². The van der Waals surface area contributed by atoms with E-state index in [-0.39, 0.29) is 5.91 Å². The Labute approximate surface area is 116 Å². The Kier molecular flexibility index (Phi) is 4.43. The zero-order valence-electron chi connectivity index (χ0n) is 10.3. The summed E-state index contributed by atoms with van der Waals surface area (Å²) in [5, 5.41) is 0. The van der Waals surface area contributed by atoms with Crippen LogP contribution in [0.15, 0.2) is 53.4 Å². The van der Waals surface area contributed by atoms with Crippen LogP contribution in [0.5, 0.6) is 0 Å². The number of hydrazine groups is 1. The van der Waals surface area contributed by atoms with Gasteiger partial charge < -0.3 is 5.73 Å². The predicted molar refractivity (Wildman–Crippen MR) is 78.5 cm³/mol. The SMILES string of the molecule is NNC(=O)c1ccc(CSc2ccccc2N)cc1. The second kappa shape index (κ2) is 6.26. The Hall–Kier alpha value is -1.98. The average Bonchev–Trinajstić information content (AvgIpc) is 2.46. The fraction of sp³-hybridized carbons (Fsp3) is 0.0714. The van der Waals surface area contributed by atoms with Gasteiger partial charge in [-0.25, -0.2) is 5.84 Å². The topological polar surface area (TPSA) is 81.1 Å². The minimum Gasteiger partial charge on any atom is -0.398 e. The van der Waals surface area contributed by atoms with Crippen molar-refractivity contribution in [3.8, 4) is 0 Å². The van der Waals surface area contributed by atoms with Gasteiger partial charge in [0.15, 0.2) is 0 Å². The third kappa shape index (κ3) is 3.49. The van der Waals surface area contributed by atoms with E-state index in [0.717, 1.165) is 21.9 Å². The number of hydrogen-bond donors (Lipinski definition) is 3. The first-order chi connectivity index (χ1) is 9.20. The lowest BCUT2D eigenvalue weighted by atomic mass is 10.1. The van der Waals surface area contributed by atoms with Crippen molar-refractivity contribution in [2.45, 2.75) is 10.6 Å². The lowest BCUT2D eigenvalue weighted by Gasteiger charge is -2.06. The Morgan fingerprint density at radius 3 is 2.42 bits per heavy atom. The highest BCUT2D eigenvalue weighted by atomic mass is 32.2. The van der Waals surface area contributed by atoms with E-state index in [1.54, 1.807) is 23.9 Å². The molecule has 0 aliphatic heterocycles. The summed E-state index contributed by atoms with van der Waals surface area (Å²) in [5.74, 6) is 5.59. The predicted octanol–water partition coefficient (Wildman–Crippen LogP) is 2.16. The van der Waals surface area contributed by atoms with E-state index in [4.69, 9.17) is 11.6 Å². The van der Waals surface area contributed by atoms with Crippen molar-refractivity contribution in [1.29, 1.82) is 0 Å². The molecule has 4 nitrogen and oxygen atoms in total. The van der Waals surface area contributed by atoms with Gasteiger partial charge in [0.1, 0.15) is 0 Å². The normalized spacial score (nSPS) is 10.2. The first-order valence-electron chi connectivity index (χ1n) is 5.78. The Balaban J connectivity index is 2.01. The van der Waals surface area contributed by atoms with Crippen LogP contribution in [0.1, 0.15) is 15.9 Å². The van der Waals surface area contributed by atoms with E-state index >= 15 is 0 Å². The summed E-state index contributed by atoms with van der Waals surface area (Å²) in [5.41, 5.74) is 10.4. The summed E-state index contributed by atoms with van der Waals surface area (Å²) >= 11 is 1.67. The molecule has 0 aromatic heterocycles. The number of benzene rings is 2. The molecule has 2 rings (SSSR count). The quantitative estimate of drug-likeness (QED) is 0.262. The number of carbonyl (C=O) groups excluding carboxylic acids is 1. The first kappa shape index (κ1) is 13.5. The molecule has 0 aliphatic rings. The number of amides is 1. The van der Waals surface area contributed by atoms with Crippen LogP contribution in [0.4, 0.5) is 5.69 Å². The van der Waals surface area contributed by atoms with E-state index < -0.39 is 0 Å². The van der Waals surface area contributed by atoms with Gasteiger partial charge in [0.05, 0.1) is 0 Å². The van der Waals surface area contributed by atoms with Gasteiger partial charge in [-0.2, -0.15) is 0 Å². The first-order valence-corrected chi connectivity index (χ1v) is 6.76. The summed E-state index contributed by atoms with van der Waals surface area (Å²) in [6, 6.07) is 15.1. The Morgan fingerprint density at radius 1 is 1.11 bits per heavy atom. The van der Waals surface area contributed by atoms with Gasteiger partial charge in [0, 0.05) is 21.9 Å². The molecule has 2 aromatic carbocycles. The van der Waals surface area contributed by atoms with E-state index in [0.29, 0.717) is 5.56 Å². The fourth-order valence-corrected chi connectivity index (χ4v) is 2.53.